The Morgan fingerprint density at radius 3 is 3.00 bits per heavy atom. The molecule has 0 atom stereocenters. The third-order valence-electron chi connectivity index (χ3n) is 2.21. The van der Waals surface area contributed by atoms with E-state index < -0.39 is 0 Å². The van der Waals surface area contributed by atoms with Crippen molar-refractivity contribution in [2.24, 2.45) is 0 Å². The summed E-state index contributed by atoms with van der Waals surface area (Å²) in [6.45, 7) is 4.00. The number of allylic oxidation sites excluding steroid dienone is 1. The van der Waals surface area contributed by atoms with Gasteiger partial charge in [-0.2, -0.15) is 0 Å². The van der Waals surface area contributed by atoms with Gasteiger partial charge in [-0.3, -0.25) is 0 Å². The van der Waals surface area contributed by atoms with Gasteiger partial charge >= 0.3 is 0 Å². The zero-order chi connectivity index (χ0) is 8.55. The lowest BCUT2D eigenvalue weighted by Crippen LogP contribution is -2.03. The molecule has 0 unspecified atom stereocenters. The number of pyridine rings is 1. The van der Waals surface area contributed by atoms with E-state index in [1.165, 1.54) is 11.1 Å². The molecule has 1 nitrogen and oxygen atoms in total. The molecule has 0 spiro atoms. The van der Waals surface area contributed by atoms with E-state index in [4.69, 9.17) is 11.6 Å². The van der Waals surface area contributed by atoms with Crippen LogP contribution in [0.3, 0.4) is 0 Å². The monoisotopic (exact) mass is 179 g/mol. The predicted molar refractivity (Wildman–Crippen MR) is 51.2 cm³/mol. The molecule has 0 saturated carbocycles. The van der Waals surface area contributed by atoms with Crippen LogP contribution in [0, 0.1) is 0 Å². The molecule has 2 rings (SSSR count). The molecule has 1 aliphatic rings. The number of halogens is 1. The van der Waals surface area contributed by atoms with Crippen LogP contribution in [0.25, 0.3) is 5.57 Å². The summed E-state index contributed by atoms with van der Waals surface area (Å²) in [7, 11) is 0. The van der Waals surface area contributed by atoms with Crippen LogP contribution in [0.5, 0.6) is 0 Å². The molecule has 0 N–H and O–H groups in total. The Hall–Kier alpha value is -0.820. The Balaban J connectivity index is 2.53. The third-order valence-corrected chi connectivity index (χ3v) is 2.42. The first kappa shape index (κ1) is 7.81. The molecule has 62 valence electrons. The quantitative estimate of drug-likeness (QED) is 0.558. The Morgan fingerprint density at radius 1 is 1.33 bits per heavy atom. The number of nitrogens with zero attached hydrogens (tertiary/aromatic N) is 1. The highest BCUT2D eigenvalue weighted by Gasteiger charge is 2.13. The topological polar surface area (TPSA) is 12.9 Å². The highest BCUT2D eigenvalue weighted by atomic mass is 35.5. The van der Waals surface area contributed by atoms with Crippen LogP contribution >= 0.6 is 11.6 Å². The van der Waals surface area contributed by atoms with Crippen molar-refractivity contribution in [3.8, 4) is 0 Å². The first-order valence-corrected chi connectivity index (χ1v) is 4.49. The summed E-state index contributed by atoms with van der Waals surface area (Å²) in [4.78, 5) is 4.27. The van der Waals surface area contributed by atoms with E-state index in [-0.39, 0.29) is 0 Å². The van der Waals surface area contributed by atoms with Gasteiger partial charge in [0.2, 0.25) is 0 Å². The van der Waals surface area contributed by atoms with Crippen LogP contribution in [-0.2, 0) is 6.42 Å². The second-order valence-corrected chi connectivity index (χ2v) is 3.47. The highest BCUT2D eigenvalue weighted by Crippen LogP contribution is 2.28. The lowest BCUT2D eigenvalue weighted by atomic mass is 9.92. The maximum absolute atomic E-state index is 5.78. The smallest absolute Gasteiger partial charge is 0.129 e. The van der Waals surface area contributed by atoms with E-state index in [2.05, 4.69) is 11.6 Å². The second kappa shape index (κ2) is 2.91. The average Bonchev–Trinajstić information content (AvgIpc) is 2.04. The Labute approximate surface area is 77.1 Å². The van der Waals surface area contributed by atoms with Gasteiger partial charge in [0.25, 0.3) is 0 Å². The van der Waals surface area contributed by atoms with Crippen molar-refractivity contribution >= 4 is 17.2 Å². The molecule has 1 aliphatic carbocycles. The Morgan fingerprint density at radius 2 is 2.17 bits per heavy atom. The van der Waals surface area contributed by atoms with Crippen LogP contribution in [0.15, 0.2) is 18.7 Å². The van der Waals surface area contributed by atoms with Gasteiger partial charge in [0, 0.05) is 5.69 Å². The van der Waals surface area contributed by atoms with Gasteiger partial charge in [-0.15, -0.1) is 0 Å². The van der Waals surface area contributed by atoms with Gasteiger partial charge in [0.1, 0.15) is 5.15 Å². The zero-order valence-corrected chi connectivity index (χ0v) is 7.56. The SMILES string of the molecule is C=C1CCCc2nc(Cl)ccc21. The number of aromatic nitrogens is 1. The van der Waals surface area contributed by atoms with Crippen molar-refractivity contribution in [1.29, 1.82) is 0 Å². The number of hydrogen-bond acceptors (Lipinski definition) is 1. The van der Waals surface area contributed by atoms with Crippen LogP contribution in [0.4, 0.5) is 0 Å². The maximum Gasteiger partial charge on any atom is 0.129 e. The number of aryl methyl sites for hydroxylation is 1. The summed E-state index contributed by atoms with van der Waals surface area (Å²) >= 11 is 5.78. The van der Waals surface area contributed by atoms with Gasteiger partial charge < -0.3 is 0 Å². The van der Waals surface area contributed by atoms with Gasteiger partial charge in [-0.05, 0) is 42.5 Å². The number of hydrogen-bond donors (Lipinski definition) is 0. The summed E-state index contributed by atoms with van der Waals surface area (Å²) < 4.78 is 0. The van der Waals surface area contributed by atoms with Crippen molar-refractivity contribution < 1.29 is 0 Å². The minimum atomic E-state index is 0.587. The molecule has 0 bridgehead atoms. The zero-order valence-electron chi connectivity index (χ0n) is 6.81. The van der Waals surface area contributed by atoms with Gasteiger partial charge in [0.05, 0.1) is 0 Å². The fourth-order valence-electron chi connectivity index (χ4n) is 1.59. The summed E-state index contributed by atoms with van der Waals surface area (Å²) in [6.07, 6.45) is 3.28. The first-order chi connectivity index (χ1) is 5.77. The minimum Gasteiger partial charge on any atom is -0.241 e. The van der Waals surface area contributed by atoms with Crippen LogP contribution in [-0.4, -0.2) is 4.98 Å². The summed E-state index contributed by atoms with van der Waals surface area (Å²) in [5, 5.41) is 0.587. The van der Waals surface area contributed by atoms with E-state index in [0.29, 0.717) is 5.15 Å². The molecule has 1 aromatic rings. The lowest BCUT2D eigenvalue weighted by molar-refractivity contribution is 0.795. The normalized spacial score (nSPS) is 15.9. The standard InChI is InChI=1S/C10H10ClN/c1-7-3-2-4-9-8(7)5-6-10(11)12-9/h5-6H,1-4H2. The average molecular weight is 180 g/mol. The van der Waals surface area contributed by atoms with Crippen molar-refractivity contribution in [2.75, 3.05) is 0 Å². The van der Waals surface area contributed by atoms with E-state index in [9.17, 15) is 0 Å². The van der Waals surface area contributed by atoms with Crippen LogP contribution in [0.2, 0.25) is 5.15 Å². The van der Waals surface area contributed by atoms with Gasteiger partial charge in [-0.25, -0.2) is 4.98 Å². The van der Waals surface area contributed by atoms with Crippen molar-refractivity contribution in [2.45, 2.75) is 19.3 Å². The second-order valence-electron chi connectivity index (χ2n) is 3.09. The largest absolute Gasteiger partial charge is 0.241 e. The summed E-state index contributed by atoms with van der Waals surface area (Å²) in [6, 6.07) is 3.85. The number of fused-ring (bicyclic) bond motifs is 1. The molecular formula is C10H10ClN. The van der Waals surface area contributed by atoms with E-state index in [0.717, 1.165) is 25.0 Å². The summed E-state index contributed by atoms with van der Waals surface area (Å²) in [5.74, 6) is 0. The molecule has 0 radical (unpaired) electrons. The molecule has 0 aromatic carbocycles. The van der Waals surface area contributed by atoms with Gasteiger partial charge in [-0.1, -0.05) is 18.2 Å². The van der Waals surface area contributed by atoms with Gasteiger partial charge in [0.15, 0.2) is 0 Å². The highest BCUT2D eigenvalue weighted by molar-refractivity contribution is 6.29. The maximum atomic E-state index is 5.78. The lowest BCUT2D eigenvalue weighted by Gasteiger charge is -2.16. The molecular weight excluding hydrogens is 170 g/mol. The Kier molecular flexibility index (Phi) is 1.89. The molecule has 1 aromatic heterocycles. The van der Waals surface area contributed by atoms with Crippen molar-refractivity contribution in [3.63, 3.8) is 0 Å². The Bertz CT molecular complexity index is 331. The van der Waals surface area contributed by atoms with Crippen LogP contribution < -0.4 is 0 Å². The number of rotatable bonds is 0. The fourth-order valence-corrected chi connectivity index (χ4v) is 1.76. The van der Waals surface area contributed by atoms with E-state index in [1.807, 2.05) is 12.1 Å². The first-order valence-electron chi connectivity index (χ1n) is 4.11. The molecule has 1 heterocycles. The molecule has 0 amide bonds. The van der Waals surface area contributed by atoms with E-state index in [1.54, 1.807) is 0 Å². The molecule has 12 heavy (non-hydrogen) atoms. The molecule has 2 heteroatoms. The molecule has 0 saturated heterocycles. The van der Waals surface area contributed by atoms with E-state index >= 15 is 0 Å². The van der Waals surface area contributed by atoms with Crippen molar-refractivity contribution in [3.05, 3.63) is 35.1 Å². The van der Waals surface area contributed by atoms with Crippen LogP contribution in [0.1, 0.15) is 24.1 Å². The molecule has 0 aliphatic heterocycles. The minimum absolute atomic E-state index is 0.587. The predicted octanol–water partition coefficient (Wildman–Crippen LogP) is 3.08. The van der Waals surface area contributed by atoms with Crippen molar-refractivity contribution in [1.82, 2.24) is 4.98 Å². The third kappa shape index (κ3) is 1.25. The summed E-state index contributed by atoms with van der Waals surface area (Å²) in [5.41, 5.74) is 3.50. The molecule has 0 fully saturated rings. The fraction of sp³-hybridized carbons (Fsp3) is 0.300.